The molecule has 0 spiro atoms. The van der Waals surface area contributed by atoms with Crippen LogP contribution < -0.4 is 11.4 Å². The van der Waals surface area contributed by atoms with Crippen molar-refractivity contribution in [1.82, 2.24) is 9.55 Å². The number of hydrogen-bond donors (Lipinski definition) is 3. The maximum Gasteiger partial charge on any atom is 0.492 e. The van der Waals surface area contributed by atoms with Crippen LogP contribution in [0, 0.1) is 11.8 Å². The van der Waals surface area contributed by atoms with Crippen molar-refractivity contribution in [3.05, 3.63) is 22.7 Å². The van der Waals surface area contributed by atoms with E-state index in [4.69, 9.17) is 10.3 Å². The number of nitrogens with two attached hydrogens (primary N) is 1. The Morgan fingerprint density at radius 1 is 1.09 bits per heavy atom. The van der Waals surface area contributed by atoms with E-state index >= 15 is 0 Å². The molecule has 33 heavy (non-hydrogen) atoms. The highest BCUT2D eigenvalue weighted by Gasteiger charge is 2.44. The highest BCUT2D eigenvalue weighted by atomic mass is 31.3. The lowest BCUT2D eigenvalue weighted by Crippen LogP contribution is -2.32. The minimum Gasteiger partial charge on any atom is -0.391 e. The zero-order valence-electron chi connectivity index (χ0n) is 18.8. The Balaban J connectivity index is 2.65. The number of nitrogen functional groups attached to an aromatic ring is 1. The van der Waals surface area contributed by atoms with Crippen LogP contribution in [-0.2, 0) is 47.0 Å². The van der Waals surface area contributed by atoms with Crippen molar-refractivity contribution >= 4 is 29.3 Å². The fourth-order valence-electron chi connectivity index (χ4n) is 2.54. The zero-order valence-corrected chi connectivity index (χ0v) is 21.5. The lowest BCUT2D eigenvalue weighted by molar-refractivity contribution is 0.0761. The van der Waals surface area contributed by atoms with Crippen LogP contribution in [0.4, 0.5) is 5.82 Å². The number of nitrogens with zero attached hydrogens (tertiary/aromatic N) is 2. The number of hydrogen-bond acceptors (Lipinski definition) is 13. The smallest absolute Gasteiger partial charge is 0.391 e. The van der Waals surface area contributed by atoms with Crippen LogP contribution in [0.15, 0.2) is 17.1 Å². The summed E-state index contributed by atoms with van der Waals surface area (Å²) in [6, 6.07) is 1.43. The van der Waals surface area contributed by atoms with Gasteiger partial charge < -0.3 is 15.7 Å². The molecular weight excluding hydrogens is 507 g/mol. The Morgan fingerprint density at radius 2 is 1.67 bits per heavy atom. The van der Waals surface area contributed by atoms with Gasteiger partial charge in [0.05, 0.1) is 19.3 Å². The Labute approximate surface area is 191 Å². The Morgan fingerprint density at radius 3 is 2.18 bits per heavy atom. The van der Waals surface area contributed by atoms with Crippen LogP contribution in [0.5, 0.6) is 0 Å². The van der Waals surface area contributed by atoms with E-state index < -0.39 is 35.3 Å². The lowest BCUT2D eigenvalue weighted by atomic mass is 9.93. The predicted molar refractivity (Wildman–Crippen MR) is 116 cm³/mol. The molecule has 15 nitrogen and oxygen atoms in total. The van der Waals surface area contributed by atoms with Gasteiger partial charge in [0.2, 0.25) is 0 Å². The lowest BCUT2D eigenvalue weighted by Gasteiger charge is -2.24. The second-order valence-electron chi connectivity index (χ2n) is 7.04. The van der Waals surface area contributed by atoms with E-state index in [1.54, 1.807) is 13.8 Å². The predicted octanol–water partition coefficient (Wildman–Crippen LogP) is 2.15. The van der Waals surface area contributed by atoms with Gasteiger partial charge in [0.15, 0.2) is 0 Å². The molecule has 0 amide bonds. The van der Waals surface area contributed by atoms with Gasteiger partial charge in [-0.05, 0) is 24.3 Å². The molecule has 18 heteroatoms. The number of aromatic nitrogens is 2. The molecule has 192 valence electrons. The van der Waals surface area contributed by atoms with Crippen molar-refractivity contribution in [3.63, 3.8) is 0 Å². The summed E-state index contributed by atoms with van der Waals surface area (Å²) in [6.07, 6.45) is 0.792. The molecule has 0 aromatic carbocycles. The average Bonchev–Trinajstić information content (AvgIpc) is 2.73. The van der Waals surface area contributed by atoms with Crippen molar-refractivity contribution < 1.29 is 50.4 Å². The summed E-state index contributed by atoms with van der Waals surface area (Å²) < 4.78 is 64.8. The monoisotopic (exact) mass is 537 g/mol. The zero-order chi connectivity index (χ0) is 25.4. The van der Waals surface area contributed by atoms with Gasteiger partial charge >= 0.3 is 29.2 Å². The minimum absolute atomic E-state index is 0.0319. The summed E-state index contributed by atoms with van der Waals surface area (Å²) in [5.41, 5.74) is 4.83. The second-order valence-corrected chi connectivity index (χ2v) is 12.4. The molecule has 0 fully saturated rings. The fourth-order valence-corrected chi connectivity index (χ4v) is 6.76. The summed E-state index contributed by atoms with van der Waals surface area (Å²) >= 11 is 0. The van der Waals surface area contributed by atoms with E-state index in [9.17, 15) is 28.5 Å². The molecule has 4 N–H and O–H groups in total. The van der Waals surface area contributed by atoms with Gasteiger partial charge in [0, 0.05) is 27.5 Å². The highest BCUT2D eigenvalue weighted by Crippen LogP contribution is 2.71. The van der Waals surface area contributed by atoms with E-state index in [2.05, 4.69) is 27.2 Å². The minimum atomic E-state index is -5.00. The van der Waals surface area contributed by atoms with Crippen LogP contribution in [0.3, 0.4) is 0 Å². The number of rotatable bonds is 15. The molecule has 1 heterocycles. The number of phosphoric acid groups is 3. The van der Waals surface area contributed by atoms with Crippen LogP contribution in [-0.4, -0.2) is 53.6 Å². The maximum atomic E-state index is 12.4. The molecule has 0 radical (unpaired) electrons. The van der Waals surface area contributed by atoms with Gasteiger partial charge in [-0.1, -0.05) is 13.8 Å². The van der Waals surface area contributed by atoms with Crippen molar-refractivity contribution in [2.75, 3.05) is 33.7 Å². The Kier molecular flexibility index (Phi) is 11.5. The first-order valence-corrected chi connectivity index (χ1v) is 13.9. The molecule has 5 atom stereocenters. The topological polar surface area (TPSA) is 208 Å². The number of anilines is 1. The molecule has 0 saturated heterocycles. The quantitative estimate of drug-likeness (QED) is 0.274. The van der Waals surface area contributed by atoms with Crippen molar-refractivity contribution in [1.29, 1.82) is 0 Å². The standard InChI is InChI=1S/C15H30N3O12P3/c1-11(8-12(2)13(19)9-18-7-6-14(16)17-15(18)20)10-28-31(21,22)29-33(24,27-5)30-32(23,25-3)26-4/h6-7,11-13,19H,8-10H2,1-5H3,(H,21,22)(H2,16,17,20)/t11-,12-,13-,33?/m0/s1. The first-order chi connectivity index (χ1) is 15.2. The van der Waals surface area contributed by atoms with Gasteiger partial charge in [-0.15, -0.1) is 0 Å². The van der Waals surface area contributed by atoms with Crippen LogP contribution in [0.2, 0.25) is 0 Å². The third-order valence-electron chi connectivity index (χ3n) is 4.31. The summed E-state index contributed by atoms with van der Waals surface area (Å²) in [6.45, 7) is 3.00. The summed E-state index contributed by atoms with van der Waals surface area (Å²) in [5, 5.41) is 10.4. The second kappa shape index (κ2) is 12.7. The van der Waals surface area contributed by atoms with E-state index in [1.807, 2.05) is 0 Å². The Hall–Kier alpha value is -0.950. The molecule has 0 aliphatic rings. The third kappa shape index (κ3) is 10.1. The molecule has 1 aromatic rings. The number of phosphoric ester groups is 2. The number of aliphatic hydroxyl groups is 1. The largest absolute Gasteiger partial charge is 0.492 e. The van der Waals surface area contributed by atoms with Gasteiger partial charge in [-0.3, -0.25) is 22.7 Å². The van der Waals surface area contributed by atoms with E-state index in [0.29, 0.717) is 6.42 Å². The van der Waals surface area contributed by atoms with Gasteiger partial charge in [-0.25, -0.2) is 18.5 Å². The summed E-state index contributed by atoms with van der Waals surface area (Å²) in [5.74, 6) is -0.669. The summed E-state index contributed by atoms with van der Waals surface area (Å²) in [7, 11) is -11.6. The Bertz CT molecular complexity index is 965. The van der Waals surface area contributed by atoms with Crippen molar-refractivity contribution in [2.24, 2.45) is 11.8 Å². The van der Waals surface area contributed by atoms with E-state index in [0.717, 1.165) is 21.3 Å². The molecule has 0 saturated carbocycles. The molecule has 0 bridgehead atoms. The van der Waals surface area contributed by atoms with Gasteiger partial charge in [0.25, 0.3) is 0 Å². The van der Waals surface area contributed by atoms with Crippen molar-refractivity contribution in [2.45, 2.75) is 32.9 Å². The van der Waals surface area contributed by atoms with E-state index in [1.165, 1.54) is 16.8 Å². The summed E-state index contributed by atoms with van der Waals surface area (Å²) in [4.78, 5) is 25.2. The fraction of sp³-hybridized carbons (Fsp3) is 0.733. The molecule has 2 unspecified atom stereocenters. The molecule has 0 aliphatic carbocycles. The number of aliphatic hydroxyl groups excluding tert-OH is 1. The molecular formula is C15H30N3O12P3. The normalized spacial score (nSPS) is 18.8. The highest BCUT2D eigenvalue weighted by molar-refractivity contribution is 7.67. The van der Waals surface area contributed by atoms with Crippen LogP contribution >= 0.6 is 23.5 Å². The SMILES string of the molecule is COP(=O)(OC)OP(=O)(OC)OP(=O)(O)OC[C@@H](C)C[C@H](C)[C@@H](O)Cn1ccc(N)nc1=O. The molecule has 0 aliphatic heterocycles. The van der Waals surface area contributed by atoms with Gasteiger partial charge in [-0.2, -0.15) is 13.6 Å². The average molecular weight is 537 g/mol. The van der Waals surface area contributed by atoms with Crippen molar-refractivity contribution in [3.8, 4) is 0 Å². The molecule has 1 aromatic heterocycles. The van der Waals surface area contributed by atoms with Gasteiger partial charge in [0.1, 0.15) is 5.82 Å². The first-order valence-electron chi connectivity index (χ1n) is 9.46. The van der Waals surface area contributed by atoms with Crippen LogP contribution in [0.1, 0.15) is 20.3 Å². The maximum absolute atomic E-state index is 12.4. The first kappa shape index (κ1) is 30.1. The molecule has 1 rings (SSSR count). The third-order valence-corrected chi connectivity index (χ3v) is 9.35. The van der Waals surface area contributed by atoms with Crippen LogP contribution in [0.25, 0.3) is 0 Å². The van der Waals surface area contributed by atoms with E-state index in [-0.39, 0.29) is 30.8 Å².